The second-order valence-corrected chi connectivity index (χ2v) is 5.80. The molecule has 64 valence electrons. The molecule has 11 heavy (non-hydrogen) atoms. The first kappa shape index (κ1) is 8.59. The third kappa shape index (κ3) is 0.965. The Bertz CT molecular complexity index is 298. The number of rotatable bonds is 1. The lowest BCUT2D eigenvalue weighted by Crippen LogP contribution is -2.46. The average Bonchev–Trinajstić information content (AvgIpc) is 1.82. The summed E-state index contributed by atoms with van der Waals surface area (Å²) < 4.78 is 21.6. The highest BCUT2D eigenvalue weighted by Crippen LogP contribution is 2.38. The van der Waals surface area contributed by atoms with Crippen molar-refractivity contribution in [1.29, 1.82) is 0 Å². The van der Waals surface area contributed by atoms with Gasteiger partial charge in [-0.3, -0.25) is 0 Å². The first-order chi connectivity index (χ1) is 4.79. The molecular weight excluding hydrogens is 162 g/mol. The molecule has 0 unspecified atom stereocenters. The standard InChI is InChI=1S/C7H13NO2S/c1-7(2)6(8(3)4)5-11(7,9)10/h5H,1-4H3. The first-order valence-electron chi connectivity index (χ1n) is 3.43. The van der Waals surface area contributed by atoms with Crippen LogP contribution in [0.5, 0.6) is 0 Å². The number of hydrogen-bond donors (Lipinski definition) is 0. The van der Waals surface area contributed by atoms with Gasteiger partial charge in [0, 0.05) is 19.8 Å². The fourth-order valence-electron chi connectivity index (χ4n) is 1.17. The Morgan fingerprint density at radius 2 is 1.82 bits per heavy atom. The molecule has 0 bridgehead atoms. The predicted molar refractivity (Wildman–Crippen MR) is 44.8 cm³/mol. The zero-order valence-electron chi connectivity index (χ0n) is 7.25. The summed E-state index contributed by atoms with van der Waals surface area (Å²) in [6.07, 6.45) is 0. The topological polar surface area (TPSA) is 37.4 Å². The minimum absolute atomic E-state index is 0.684. The van der Waals surface area contributed by atoms with Crippen LogP contribution in [0.2, 0.25) is 0 Å². The minimum atomic E-state index is -2.96. The second-order valence-electron chi connectivity index (χ2n) is 3.45. The van der Waals surface area contributed by atoms with Gasteiger partial charge in [0.1, 0.15) is 4.75 Å². The summed E-state index contributed by atoms with van der Waals surface area (Å²) in [5, 5.41) is 1.33. The van der Waals surface area contributed by atoms with Crippen molar-refractivity contribution in [1.82, 2.24) is 4.90 Å². The Balaban J connectivity index is 3.12. The highest BCUT2D eigenvalue weighted by molar-refractivity contribution is 7.97. The van der Waals surface area contributed by atoms with E-state index in [1.807, 2.05) is 19.0 Å². The minimum Gasteiger partial charge on any atom is -0.379 e. The SMILES string of the molecule is CN(C)C1=CS(=O)(=O)C1(C)C. The largest absolute Gasteiger partial charge is 0.379 e. The van der Waals surface area contributed by atoms with Crippen LogP contribution in [0.3, 0.4) is 0 Å². The van der Waals surface area contributed by atoms with E-state index in [9.17, 15) is 8.42 Å². The van der Waals surface area contributed by atoms with Crippen LogP contribution in [0.25, 0.3) is 0 Å². The number of nitrogens with zero attached hydrogens (tertiary/aromatic N) is 1. The van der Waals surface area contributed by atoms with Gasteiger partial charge in [0.25, 0.3) is 0 Å². The van der Waals surface area contributed by atoms with Gasteiger partial charge in [0.2, 0.25) is 0 Å². The molecule has 4 heteroatoms. The van der Waals surface area contributed by atoms with Crippen LogP contribution in [-0.4, -0.2) is 32.2 Å². The quantitative estimate of drug-likeness (QED) is 0.585. The average molecular weight is 175 g/mol. The van der Waals surface area contributed by atoms with Gasteiger partial charge in [0.05, 0.1) is 5.41 Å². The van der Waals surface area contributed by atoms with Gasteiger partial charge in [-0.2, -0.15) is 0 Å². The van der Waals surface area contributed by atoms with Gasteiger partial charge >= 0.3 is 0 Å². The highest BCUT2D eigenvalue weighted by Gasteiger charge is 2.46. The molecule has 3 nitrogen and oxygen atoms in total. The predicted octanol–water partition coefficient (Wildman–Crippen LogP) is 0.596. The summed E-state index contributed by atoms with van der Waals surface area (Å²) in [4.78, 5) is 1.83. The van der Waals surface area contributed by atoms with Crippen LogP contribution in [0.1, 0.15) is 13.8 Å². The zero-order valence-corrected chi connectivity index (χ0v) is 8.07. The van der Waals surface area contributed by atoms with Crippen LogP contribution in [0.4, 0.5) is 0 Å². The Morgan fingerprint density at radius 1 is 1.36 bits per heavy atom. The smallest absolute Gasteiger partial charge is 0.184 e. The molecule has 0 aliphatic carbocycles. The molecule has 0 aromatic rings. The Labute approximate surface area is 67.6 Å². The third-order valence-electron chi connectivity index (χ3n) is 2.08. The maximum Gasteiger partial charge on any atom is 0.184 e. The van der Waals surface area contributed by atoms with Crippen LogP contribution >= 0.6 is 0 Å². The highest BCUT2D eigenvalue weighted by atomic mass is 32.2. The lowest BCUT2D eigenvalue weighted by molar-refractivity contribution is 0.434. The molecule has 0 saturated heterocycles. The van der Waals surface area contributed by atoms with Gasteiger partial charge in [-0.15, -0.1) is 0 Å². The van der Waals surface area contributed by atoms with E-state index in [-0.39, 0.29) is 0 Å². The molecule has 1 aliphatic rings. The lowest BCUT2D eigenvalue weighted by Gasteiger charge is -2.38. The molecule has 1 aliphatic heterocycles. The normalized spacial score (nSPS) is 25.3. The summed E-state index contributed by atoms with van der Waals surface area (Å²) in [5.41, 5.74) is 0.873. The van der Waals surface area contributed by atoms with Crippen molar-refractivity contribution in [3.05, 3.63) is 11.1 Å². The van der Waals surface area contributed by atoms with Gasteiger partial charge in [-0.25, -0.2) is 8.42 Å². The van der Waals surface area contributed by atoms with E-state index in [0.29, 0.717) is 0 Å². The molecule has 0 spiro atoms. The molecule has 0 aromatic carbocycles. The molecule has 1 rings (SSSR count). The molecule has 0 saturated carbocycles. The Morgan fingerprint density at radius 3 is 1.91 bits per heavy atom. The fourth-order valence-corrected chi connectivity index (χ4v) is 2.61. The number of hydrogen-bond acceptors (Lipinski definition) is 3. The lowest BCUT2D eigenvalue weighted by atomic mass is 10.1. The molecule has 1 heterocycles. The van der Waals surface area contributed by atoms with Crippen molar-refractivity contribution in [3.63, 3.8) is 0 Å². The molecule has 0 aromatic heterocycles. The Hall–Kier alpha value is -0.510. The first-order valence-corrected chi connectivity index (χ1v) is 4.98. The van der Waals surface area contributed by atoms with Gasteiger partial charge < -0.3 is 4.90 Å². The summed E-state index contributed by atoms with van der Waals surface area (Å²) in [6, 6.07) is 0. The van der Waals surface area contributed by atoms with Crippen molar-refractivity contribution in [3.8, 4) is 0 Å². The van der Waals surface area contributed by atoms with E-state index in [1.54, 1.807) is 13.8 Å². The van der Waals surface area contributed by atoms with Crippen LogP contribution in [0.15, 0.2) is 11.1 Å². The summed E-state index contributed by atoms with van der Waals surface area (Å²) in [6.45, 7) is 3.44. The summed E-state index contributed by atoms with van der Waals surface area (Å²) >= 11 is 0. The monoisotopic (exact) mass is 175 g/mol. The maximum atomic E-state index is 11.2. The van der Waals surface area contributed by atoms with Gasteiger partial charge in [-0.1, -0.05) is 0 Å². The van der Waals surface area contributed by atoms with Crippen molar-refractivity contribution in [2.24, 2.45) is 0 Å². The summed E-state index contributed by atoms with van der Waals surface area (Å²) in [5.74, 6) is 0. The van der Waals surface area contributed by atoms with E-state index in [0.717, 1.165) is 5.70 Å². The van der Waals surface area contributed by atoms with Crippen molar-refractivity contribution in [2.75, 3.05) is 14.1 Å². The van der Waals surface area contributed by atoms with Gasteiger partial charge in [-0.05, 0) is 13.8 Å². The molecular formula is C7H13NO2S. The van der Waals surface area contributed by atoms with Gasteiger partial charge in [0.15, 0.2) is 9.84 Å². The van der Waals surface area contributed by atoms with E-state index in [2.05, 4.69) is 0 Å². The van der Waals surface area contributed by atoms with Crippen molar-refractivity contribution in [2.45, 2.75) is 18.6 Å². The molecule has 0 radical (unpaired) electrons. The third-order valence-corrected chi connectivity index (χ3v) is 4.24. The van der Waals surface area contributed by atoms with Crippen molar-refractivity contribution >= 4 is 9.84 Å². The molecule has 0 amide bonds. The van der Waals surface area contributed by atoms with E-state index in [1.165, 1.54) is 5.41 Å². The van der Waals surface area contributed by atoms with E-state index in [4.69, 9.17) is 0 Å². The van der Waals surface area contributed by atoms with E-state index < -0.39 is 14.6 Å². The summed E-state index contributed by atoms with van der Waals surface area (Å²) in [7, 11) is 0.741. The zero-order chi connectivity index (χ0) is 8.86. The van der Waals surface area contributed by atoms with Crippen LogP contribution in [-0.2, 0) is 9.84 Å². The molecule has 0 N–H and O–H groups in total. The van der Waals surface area contributed by atoms with Crippen molar-refractivity contribution < 1.29 is 8.42 Å². The van der Waals surface area contributed by atoms with Crippen LogP contribution < -0.4 is 0 Å². The maximum absolute atomic E-state index is 11.2. The Kier molecular flexibility index (Phi) is 1.56. The van der Waals surface area contributed by atoms with Crippen LogP contribution in [0, 0.1) is 0 Å². The fraction of sp³-hybridized carbons (Fsp3) is 0.714. The molecule has 0 atom stereocenters. The molecule has 0 fully saturated rings. The van der Waals surface area contributed by atoms with E-state index >= 15 is 0 Å². The second kappa shape index (κ2) is 2.00. The number of sulfone groups is 1.